The van der Waals surface area contributed by atoms with Gasteiger partial charge in [0, 0.05) is 30.2 Å². The molecule has 1 fully saturated rings. The number of nitrogens with zero attached hydrogens (tertiary/aromatic N) is 1. The van der Waals surface area contributed by atoms with Gasteiger partial charge in [0.1, 0.15) is 0 Å². The largest absolute Gasteiger partial charge is 0.338 e. The molecule has 1 saturated heterocycles. The van der Waals surface area contributed by atoms with Gasteiger partial charge in [0.05, 0.1) is 5.92 Å². The molecular formula is C19H19ClN2O2. The minimum Gasteiger partial charge on any atom is -0.338 e. The fourth-order valence-corrected chi connectivity index (χ4v) is 2.92. The second-order valence-corrected chi connectivity index (χ2v) is 6.59. The van der Waals surface area contributed by atoms with E-state index in [9.17, 15) is 9.59 Å². The van der Waals surface area contributed by atoms with E-state index in [-0.39, 0.29) is 24.2 Å². The van der Waals surface area contributed by atoms with E-state index in [1.165, 1.54) is 5.56 Å². The molecule has 2 aromatic carbocycles. The van der Waals surface area contributed by atoms with Crippen LogP contribution in [0.3, 0.4) is 0 Å². The highest BCUT2D eigenvalue weighted by Gasteiger charge is 2.34. The molecule has 1 atom stereocenters. The molecule has 1 heterocycles. The number of hydrogen-bond donors (Lipinski definition) is 1. The van der Waals surface area contributed by atoms with Crippen molar-refractivity contribution in [1.82, 2.24) is 4.90 Å². The molecule has 0 bridgehead atoms. The van der Waals surface area contributed by atoms with Crippen LogP contribution in [0.2, 0.25) is 5.02 Å². The molecule has 124 valence electrons. The van der Waals surface area contributed by atoms with Crippen molar-refractivity contribution in [1.29, 1.82) is 0 Å². The first kappa shape index (κ1) is 16.5. The number of benzene rings is 2. The van der Waals surface area contributed by atoms with Crippen LogP contribution in [0.15, 0.2) is 48.5 Å². The van der Waals surface area contributed by atoms with Crippen LogP contribution in [0.1, 0.15) is 17.5 Å². The summed E-state index contributed by atoms with van der Waals surface area (Å²) in [7, 11) is 0. The van der Waals surface area contributed by atoms with Gasteiger partial charge < -0.3 is 10.2 Å². The lowest BCUT2D eigenvalue weighted by molar-refractivity contribution is -0.128. The number of likely N-dealkylation sites (tertiary alicyclic amines) is 1. The highest BCUT2D eigenvalue weighted by molar-refractivity contribution is 6.30. The van der Waals surface area contributed by atoms with Crippen LogP contribution in [0.25, 0.3) is 0 Å². The van der Waals surface area contributed by atoms with Crippen molar-refractivity contribution in [3.63, 3.8) is 0 Å². The van der Waals surface area contributed by atoms with Gasteiger partial charge in [0.15, 0.2) is 0 Å². The topological polar surface area (TPSA) is 49.4 Å². The first-order valence-electron chi connectivity index (χ1n) is 7.91. The molecular weight excluding hydrogens is 324 g/mol. The van der Waals surface area contributed by atoms with Crippen LogP contribution in [-0.4, -0.2) is 23.3 Å². The molecule has 0 aromatic heterocycles. The third kappa shape index (κ3) is 3.95. The summed E-state index contributed by atoms with van der Waals surface area (Å²) >= 11 is 5.84. The smallest absolute Gasteiger partial charge is 0.229 e. The van der Waals surface area contributed by atoms with E-state index < -0.39 is 0 Å². The Kier molecular flexibility index (Phi) is 4.86. The molecule has 1 unspecified atom stereocenters. The SMILES string of the molecule is Cc1ccc(CN2CC(C(=O)Nc3ccc(Cl)cc3)CC2=O)cc1. The van der Waals surface area contributed by atoms with Gasteiger partial charge in [-0.2, -0.15) is 0 Å². The normalized spacial score (nSPS) is 17.2. The Hall–Kier alpha value is -2.33. The van der Waals surface area contributed by atoms with Crippen molar-refractivity contribution < 1.29 is 9.59 Å². The predicted molar refractivity (Wildman–Crippen MR) is 94.8 cm³/mol. The number of amides is 2. The van der Waals surface area contributed by atoms with Crippen LogP contribution in [0.4, 0.5) is 5.69 Å². The molecule has 1 N–H and O–H groups in total. The maximum Gasteiger partial charge on any atom is 0.229 e. The summed E-state index contributed by atoms with van der Waals surface area (Å²) in [6.07, 6.45) is 0.255. The molecule has 0 spiro atoms. The van der Waals surface area contributed by atoms with Crippen molar-refractivity contribution in [2.45, 2.75) is 19.9 Å². The standard InChI is InChI=1S/C19H19ClN2O2/c1-13-2-4-14(5-3-13)11-22-12-15(10-18(22)23)19(24)21-17-8-6-16(20)7-9-17/h2-9,15H,10-12H2,1H3,(H,21,24). The molecule has 1 aliphatic rings. The molecule has 24 heavy (non-hydrogen) atoms. The lowest BCUT2D eigenvalue weighted by Gasteiger charge is -2.17. The Morgan fingerprint density at radius 1 is 1.17 bits per heavy atom. The average molecular weight is 343 g/mol. The van der Waals surface area contributed by atoms with E-state index in [2.05, 4.69) is 5.32 Å². The number of hydrogen-bond acceptors (Lipinski definition) is 2. The van der Waals surface area contributed by atoms with Gasteiger partial charge >= 0.3 is 0 Å². The number of anilines is 1. The summed E-state index contributed by atoms with van der Waals surface area (Å²) in [6.45, 7) is 3.03. The summed E-state index contributed by atoms with van der Waals surface area (Å²) < 4.78 is 0. The Morgan fingerprint density at radius 2 is 1.83 bits per heavy atom. The number of aryl methyl sites for hydroxylation is 1. The number of halogens is 1. The zero-order valence-electron chi connectivity index (χ0n) is 13.5. The predicted octanol–water partition coefficient (Wildman–Crippen LogP) is 3.64. The highest BCUT2D eigenvalue weighted by Crippen LogP contribution is 2.22. The molecule has 0 aliphatic carbocycles. The molecule has 0 radical (unpaired) electrons. The van der Waals surface area contributed by atoms with Crippen molar-refractivity contribution >= 4 is 29.1 Å². The average Bonchev–Trinajstić information content (AvgIpc) is 2.93. The summed E-state index contributed by atoms with van der Waals surface area (Å²) in [5, 5.41) is 3.47. The van der Waals surface area contributed by atoms with Gasteiger partial charge in [-0.05, 0) is 36.8 Å². The van der Waals surface area contributed by atoms with Gasteiger partial charge in [0.2, 0.25) is 11.8 Å². The van der Waals surface area contributed by atoms with E-state index in [0.29, 0.717) is 23.8 Å². The lowest BCUT2D eigenvalue weighted by atomic mass is 10.1. The van der Waals surface area contributed by atoms with E-state index in [4.69, 9.17) is 11.6 Å². The summed E-state index contributed by atoms with van der Waals surface area (Å²) in [4.78, 5) is 26.3. The Bertz CT molecular complexity index is 741. The number of rotatable bonds is 4. The third-order valence-electron chi connectivity index (χ3n) is 4.19. The maximum absolute atomic E-state index is 12.4. The molecule has 3 rings (SSSR count). The zero-order chi connectivity index (χ0) is 17.1. The van der Waals surface area contributed by atoms with Gasteiger partial charge in [-0.3, -0.25) is 9.59 Å². The van der Waals surface area contributed by atoms with Gasteiger partial charge in [-0.25, -0.2) is 0 Å². The van der Waals surface area contributed by atoms with Crippen molar-refractivity contribution in [2.24, 2.45) is 5.92 Å². The Morgan fingerprint density at radius 3 is 2.50 bits per heavy atom. The minimum atomic E-state index is -0.321. The van der Waals surface area contributed by atoms with Crippen LogP contribution < -0.4 is 5.32 Å². The van der Waals surface area contributed by atoms with E-state index in [1.54, 1.807) is 29.2 Å². The molecule has 1 aliphatic heterocycles. The van der Waals surface area contributed by atoms with E-state index in [1.807, 2.05) is 31.2 Å². The number of carbonyl (C=O) groups is 2. The second-order valence-electron chi connectivity index (χ2n) is 6.16. The first-order valence-corrected chi connectivity index (χ1v) is 8.29. The summed E-state index contributed by atoms with van der Waals surface area (Å²) in [5.74, 6) is -0.428. The zero-order valence-corrected chi connectivity index (χ0v) is 14.2. The monoisotopic (exact) mass is 342 g/mol. The summed E-state index contributed by atoms with van der Waals surface area (Å²) in [5.41, 5.74) is 2.95. The highest BCUT2D eigenvalue weighted by atomic mass is 35.5. The molecule has 4 nitrogen and oxygen atoms in total. The van der Waals surface area contributed by atoms with Crippen LogP contribution in [0.5, 0.6) is 0 Å². The number of nitrogens with one attached hydrogen (secondary N) is 1. The molecule has 2 amide bonds. The first-order chi connectivity index (χ1) is 11.5. The van der Waals surface area contributed by atoms with Gasteiger partial charge in [-0.15, -0.1) is 0 Å². The maximum atomic E-state index is 12.4. The van der Waals surface area contributed by atoms with E-state index in [0.717, 1.165) is 5.56 Å². The molecule has 5 heteroatoms. The Balaban J connectivity index is 1.60. The van der Waals surface area contributed by atoms with Crippen LogP contribution in [0, 0.1) is 12.8 Å². The van der Waals surface area contributed by atoms with Crippen molar-refractivity contribution in [2.75, 3.05) is 11.9 Å². The van der Waals surface area contributed by atoms with Crippen LogP contribution >= 0.6 is 11.6 Å². The third-order valence-corrected chi connectivity index (χ3v) is 4.44. The quantitative estimate of drug-likeness (QED) is 0.922. The van der Waals surface area contributed by atoms with E-state index >= 15 is 0 Å². The fourth-order valence-electron chi connectivity index (χ4n) is 2.79. The number of carbonyl (C=O) groups excluding carboxylic acids is 2. The fraction of sp³-hybridized carbons (Fsp3) is 0.263. The lowest BCUT2D eigenvalue weighted by Crippen LogP contribution is -2.28. The van der Waals surface area contributed by atoms with Crippen molar-refractivity contribution in [3.8, 4) is 0 Å². The van der Waals surface area contributed by atoms with Gasteiger partial charge in [-0.1, -0.05) is 41.4 Å². The molecule has 2 aromatic rings. The van der Waals surface area contributed by atoms with Crippen molar-refractivity contribution in [3.05, 3.63) is 64.7 Å². The minimum absolute atomic E-state index is 0.0202. The molecule has 0 saturated carbocycles. The van der Waals surface area contributed by atoms with Crippen LogP contribution in [-0.2, 0) is 16.1 Å². The second kappa shape index (κ2) is 7.05. The Labute approximate surface area is 146 Å². The summed E-state index contributed by atoms with van der Waals surface area (Å²) in [6, 6.07) is 15.0. The van der Waals surface area contributed by atoms with Gasteiger partial charge in [0.25, 0.3) is 0 Å².